The third-order valence-electron chi connectivity index (χ3n) is 2.69. The Kier molecular flexibility index (Phi) is 4.04. The summed E-state index contributed by atoms with van der Waals surface area (Å²) in [5.74, 6) is 1.25. The van der Waals surface area contributed by atoms with Gasteiger partial charge in [-0.1, -0.05) is 18.2 Å². The fourth-order valence-electron chi connectivity index (χ4n) is 1.81. The van der Waals surface area contributed by atoms with Gasteiger partial charge in [-0.15, -0.1) is 0 Å². The van der Waals surface area contributed by atoms with Crippen molar-refractivity contribution in [3.63, 3.8) is 0 Å². The van der Waals surface area contributed by atoms with Gasteiger partial charge in [0.25, 0.3) is 0 Å². The van der Waals surface area contributed by atoms with Crippen molar-refractivity contribution in [2.45, 2.75) is 13.1 Å². The largest absolute Gasteiger partial charge is 0.757 e. The Morgan fingerprint density at radius 1 is 1.47 bits per heavy atom. The van der Waals surface area contributed by atoms with Gasteiger partial charge in [-0.25, -0.2) is 0 Å². The SMILES string of the molecule is CC1=c2ccccc2=NC(CSCCO)N1[O-]. The molecule has 2 rings (SSSR count). The Balaban J connectivity index is 2.27. The van der Waals surface area contributed by atoms with E-state index in [1.54, 1.807) is 11.8 Å². The first-order valence-corrected chi connectivity index (χ1v) is 6.68. The molecule has 1 unspecified atom stereocenters. The summed E-state index contributed by atoms with van der Waals surface area (Å²) in [5.41, 5.74) is 0.713. The number of fused-ring (bicyclic) bond motifs is 1. The van der Waals surface area contributed by atoms with E-state index in [0.29, 0.717) is 17.2 Å². The molecule has 1 aliphatic rings. The maximum atomic E-state index is 12.0. The number of para-hydroxylation sites is 1. The van der Waals surface area contributed by atoms with Crippen molar-refractivity contribution < 1.29 is 5.11 Å². The summed E-state index contributed by atoms with van der Waals surface area (Å²) in [7, 11) is 0. The summed E-state index contributed by atoms with van der Waals surface area (Å²) in [4.78, 5) is 4.44. The Hall–Kier alpha value is -1.04. The lowest BCUT2D eigenvalue weighted by Crippen LogP contribution is -2.43. The second-order valence-corrected chi connectivity index (χ2v) is 4.99. The average molecular weight is 251 g/mol. The van der Waals surface area contributed by atoms with E-state index in [1.807, 2.05) is 31.2 Å². The number of benzene rings is 1. The maximum Gasteiger partial charge on any atom is 0.120 e. The summed E-state index contributed by atoms with van der Waals surface area (Å²) in [6.07, 6.45) is -0.374. The highest BCUT2D eigenvalue weighted by Crippen LogP contribution is 2.15. The standard InChI is InChI=1S/C12H15N2O2S/c1-9-10-4-2-3-5-11(10)13-12(14(9)16)8-17-7-6-15/h2-5,12,15H,6-8H2,1H3/q-1. The maximum absolute atomic E-state index is 12.0. The van der Waals surface area contributed by atoms with Crippen LogP contribution in [0.25, 0.3) is 5.70 Å². The minimum absolute atomic E-state index is 0.134. The average Bonchev–Trinajstić information content (AvgIpc) is 2.35. The quantitative estimate of drug-likeness (QED) is 0.782. The lowest BCUT2D eigenvalue weighted by atomic mass is 10.2. The lowest BCUT2D eigenvalue weighted by Gasteiger charge is -2.39. The van der Waals surface area contributed by atoms with Crippen molar-refractivity contribution in [2.24, 2.45) is 4.99 Å². The molecule has 0 saturated carbocycles. The van der Waals surface area contributed by atoms with Crippen LogP contribution < -0.4 is 10.6 Å². The smallest absolute Gasteiger partial charge is 0.120 e. The first kappa shape index (κ1) is 12.4. The Bertz CT molecular complexity index is 503. The zero-order valence-electron chi connectivity index (χ0n) is 9.67. The van der Waals surface area contributed by atoms with Gasteiger partial charge in [0, 0.05) is 22.4 Å². The molecule has 1 heterocycles. The molecule has 1 atom stereocenters. The van der Waals surface area contributed by atoms with Crippen LogP contribution in [-0.4, -0.2) is 34.4 Å². The summed E-state index contributed by atoms with van der Waals surface area (Å²) in [6.45, 7) is 1.96. The van der Waals surface area contributed by atoms with E-state index >= 15 is 0 Å². The predicted octanol–water partition coefficient (Wildman–Crippen LogP) is 0.299. The molecule has 1 aromatic carbocycles. The minimum Gasteiger partial charge on any atom is -0.757 e. The third-order valence-corrected chi connectivity index (χ3v) is 3.69. The number of nitrogens with zero attached hydrogens (tertiary/aromatic N) is 2. The van der Waals surface area contributed by atoms with Crippen molar-refractivity contribution in [2.75, 3.05) is 18.1 Å². The van der Waals surface area contributed by atoms with Gasteiger partial charge < -0.3 is 15.4 Å². The Morgan fingerprint density at radius 2 is 2.24 bits per heavy atom. The van der Waals surface area contributed by atoms with Crippen molar-refractivity contribution in [3.05, 3.63) is 40.0 Å². The molecule has 0 saturated heterocycles. The normalized spacial score (nSPS) is 18.9. The topological polar surface area (TPSA) is 58.9 Å². The summed E-state index contributed by atoms with van der Waals surface area (Å²) >= 11 is 1.54. The van der Waals surface area contributed by atoms with Crippen LogP contribution in [0.4, 0.5) is 0 Å². The minimum atomic E-state index is -0.374. The zero-order valence-corrected chi connectivity index (χ0v) is 10.5. The van der Waals surface area contributed by atoms with E-state index in [1.165, 1.54) is 0 Å². The molecule has 5 heteroatoms. The van der Waals surface area contributed by atoms with Gasteiger partial charge >= 0.3 is 0 Å². The molecule has 4 nitrogen and oxygen atoms in total. The van der Waals surface area contributed by atoms with Crippen molar-refractivity contribution in [1.82, 2.24) is 5.06 Å². The van der Waals surface area contributed by atoms with Gasteiger partial charge in [-0.05, 0) is 13.0 Å². The van der Waals surface area contributed by atoms with Crippen LogP contribution >= 0.6 is 11.8 Å². The van der Waals surface area contributed by atoms with Gasteiger partial charge in [-0.2, -0.15) is 11.8 Å². The molecule has 92 valence electrons. The molecule has 1 aliphatic heterocycles. The van der Waals surface area contributed by atoms with Gasteiger partial charge in [0.1, 0.15) is 6.17 Å². The van der Waals surface area contributed by atoms with Crippen LogP contribution in [0.15, 0.2) is 29.3 Å². The molecule has 0 aliphatic carbocycles. The number of hydrogen-bond acceptors (Lipinski definition) is 5. The van der Waals surface area contributed by atoms with Crippen molar-refractivity contribution in [3.8, 4) is 0 Å². The van der Waals surface area contributed by atoms with Crippen LogP contribution in [0.2, 0.25) is 0 Å². The molecule has 0 spiro atoms. The number of hydroxylamine groups is 2. The molecule has 0 bridgehead atoms. The summed E-state index contributed by atoms with van der Waals surface area (Å²) in [5, 5.41) is 23.5. The van der Waals surface area contributed by atoms with Gasteiger partial charge in [0.2, 0.25) is 0 Å². The van der Waals surface area contributed by atoms with Crippen LogP contribution in [-0.2, 0) is 0 Å². The van der Waals surface area contributed by atoms with E-state index in [2.05, 4.69) is 4.99 Å². The number of rotatable bonds is 4. The molecule has 0 aromatic heterocycles. The van der Waals surface area contributed by atoms with Crippen LogP contribution in [0.3, 0.4) is 0 Å². The van der Waals surface area contributed by atoms with E-state index in [-0.39, 0.29) is 12.8 Å². The van der Waals surface area contributed by atoms with Crippen molar-refractivity contribution in [1.29, 1.82) is 0 Å². The predicted molar refractivity (Wildman–Crippen MR) is 69.7 cm³/mol. The molecular weight excluding hydrogens is 236 g/mol. The first-order chi connectivity index (χ1) is 8.24. The zero-order chi connectivity index (χ0) is 12.3. The highest BCUT2D eigenvalue weighted by atomic mass is 32.2. The fourth-order valence-corrected chi connectivity index (χ4v) is 2.52. The highest BCUT2D eigenvalue weighted by Gasteiger charge is 2.14. The van der Waals surface area contributed by atoms with E-state index in [9.17, 15) is 5.21 Å². The van der Waals surface area contributed by atoms with E-state index < -0.39 is 0 Å². The fraction of sp³-hybridized carbons (Fsp3) is 0.417. The molecule has 0 fully saturated rings. The lowest BCUT2D eigenvalue weighted by molar-refractivity contribution is 0.322. The highest BCUT2D eigenvalue weighted by molar-refractivity contribution is 7.99. The molecule has 17 heavy (non-hydrogen) atoms. The third kappa shape index (κ3) is 2.62. The molecule has 0 radical (unpaired) electrons. The Labute approximate surface area is 104 Å². The number of aliphatic hydroxyl groups is 1. The molecule has 0 amide bonds. The van der Waals surface area contributed by atoms with Crippen LogP contribution in [0, 0.1) is 5.21 Å². The number of thioether (sulfide) groups is 1. The summed E-state index contributed by atoms with van der Waals surface area (Å²) in [6, 6.07) is 7.67. The van der Waals surface area contributed by atoms with Crippen LogP contribution in [0.5, 0.6) is 0 Å². The molecule has 1 aromatic rings. The second-order valence-electron chi connectivity index (χ2n) is 3.84. The monoisotopic (exact) mass is 251 g/mol. The van der Waals surface area contributed by atoms with Crippen LogP contribution in [0.1, 0.15) is 6.92 Å². The number of hydrogen-bond donors (Lipinski definition) is 1. The van der Waals surface area contributed by atoms with Gasteiger partial charge in [-0.3, -0.25) is 4.99 Å². The van der Waals surface area contributed by atoms with Gasteiger partial charge in [0.15, 0.2) is 0 Å². The van der Waals surface area contributed by atoms with Gasteiger partial charge in [0.05, 0.1) is 12.0 Å². The number of aliphatic hydroxyl groups excluding tert-OH is 1. The van der Waals surface area contributed by atoms with E-state index in [4.69, 9.17) is 5.11 Å². The Morgan fingerprint density at radius 3 is 3.00 bits per heavy atom. The molecule has 1 N–H and O–H groups in total. The van der Waals surface area contributed by atoms with E-state index in [0.717, 1.165) is 15.6 Å². The second kappa shape index (κ2) is 5.53. The van der Waals surface area contributed by atoms with Crippen molar-refractivity contribution >= 4 is 17.5 Å². The summed E-state index contributed by atoms with van der Waals surface area (Å²) < 4.78 is 0. The first-order valence-electron chi connectivity index (χ1n) is 5.53. The molecular formula is C12H15N2O2S-.